The second-order valence-corrected chi connectivity index (χ2v) is 15.2. The van der Waals surface area contributed by atoms with Gasteiger partial charge >= 0.3 is 0 Å². The predicted octanol–water partition coefficient (Wildman–Crippen LogP) is 14.3. The summed E-state index contributed by atoms with van der Waals surface area (Å²) in [5.74, 6) is 0. The van der Waals surface area contributed by atoms with Gasteiger partial charge in [0.1, 0.15) is 0 Å². The second-order valence-electron chi connectivity index (χ2n) is 15.2. The Morgan fingerprint density at radius 1 is 0.351 bits per heavy atom. The Labute approximate surface area is 332 Å². The summed E-state index contributed by atoms with van der Waals surface area (Å²) in [4.78, 5) is 2.50. The van der Waals surface area contributed by atoms with Crippen molar-refractivity contribution in [2.45, 2.75) is 5.41 Å². The van der Waals surface area contributed by atoms with Gasteiger partial charge in [-0.1, -0.05) is 170 Å². The molecule has 0 bridgehead atoms. The Hall–Kier alpha value is -7.42. The summed E-state index contributed by atoms with van der Waals surface area (Å²) in [5.41, 5.74) is 19.3. The topological polar surface area (TPSA) is 8.17 Å². The predicted molar refractivity (Wildman–Crippen MR) is 237 cm³/mol. The molecule has 1 heterocycles. The van der Waals surface area contributed by atoms with Gasteiger partial charge in [0, 0.05) is 27.8 Å². The van der Waals surface area contributed by atoms with Crippen LogP contribution >= 0.6 is 0 Å². The summed E-state index contributed by atoms with van der Waals surface area (Å²) >= 11 is 0. The van der Waals surface area contributed by atoms with Gasteiger partial charge in [-0.05, 0) is 104 Å². The van der Waals surface area contributed by atoms with Gasteiger partial charge in [-0.3, -0.25) is 0 Å². The molecule has 0 N–H and O–H groups in total. The minimum Gasteiger partial charge on any atom is -0.308 e. The molecule has 12 rings (SSSR count). The average Bonchev–Trinajstić information content (AvgIpc) is 3.90. The van der Waals surface area contributed by atoms with Crippen LogP contribution in [-0.2, 0) is 5.41 Å². The van der Waals surface area contributed by atoms with Gasteiger partial charge in [0.05, 0.1) is 22.1 Å². The fraction of sp³-hybridized carbons (Fsp3) is 0.0182. The van der Waals surface area contributed by atoms with Crippen molar-refractivity contribution >= 4 is 38.9 Å². The van der Waals surface area contributed by atoms with E-state index in [9.17, 15) is 0 Å². The fourth-order valence-electron chi connectivity index (χ4n) is 10.1. The molecule has 9 aromatic carbocycles. The quantitative estimate of drug-likeness (QED) is 0.172. The van der Waals surface area contributed by atoms with Crippen LogP contribution in [-0.4, -0.2) is 4.57 Å². The van der Waals surface area contributed by atoms with Crippen LogP contribution in [0.5, 0.6) is 0 Å². The number of nitrogens with zero attached hydrogens (tertiary/aromatic N) is 2. The highest BCUT2D eigenvalue weighted by Crippen LogP contribution is 2.63. The molecule has 0 unspecified atom stereocenters. The number of anilines is 3. The summed E-state index contributed by atoms with van der Waals surface area (Å²) < 4.78 is 2.45. The van der Waals surface area contributed by atoms with Crippen LogP contribution in [0, 0.1) is 0 Å². The maximum absolute atomic E-state index is 2.50. The van der Waals surface area contributed by atoms with Crippen molar-refractivity contribution in [1.29, 1.82) is 0 Å². The molecular weight excluding hydrogens is 689 g/mol. The van der Waals surface area contributed by atoms with Gasteiger partial charge in [-0.15, -0.1) is 0 Å². The zero-order valence-electron chi connectivity index (χ0n) is 31.2. The van der Waals surface area contributed by atoms with E-state index < -0.39 is 5.41 Å². The summed E-state index contributed by atoms with van der Waals surface area (Å²) in [5, 5.41) is 2.46. The first-order valence-corrected chi connectivity index (χ1v) is 19.8. The fourth-order valence-corrected chi connectivity index (χ4v) is 10.1. The summed E-state index contributed by atoms with van der Waals surface area (Å²) in [6, 6.07) is 80.5. The average molecular weight is 725 g/mol. The first-order valence-electron chi connectivity index (χ1n) is 19.8. The molecule has 0 amide bonds. The molecule has 1 spiro atoms. The molecule has 0 saturated carbocycles. The van der Waals surface area contributed by atoms with Gasteiger partial charge < -0.3 is 9.47 Å². The lowest BCUT2D eigenvalue weighted by Gasteiger charge is -2.32. The number of benzene rings is 9. The minimum absolute atomic E-state index is 0.447. The van der Waals surface area contributed by atoms with Crippen LogP contribution in [0.25, 0.3) is 60.9 Å². The first kappa shape index (κ1) is 31.9. The number of aromatic nitrogens is 1. The molecule has 2 heteroatoms. The highest BCUT2D eigenvalue weighted by Gasteiger charge is 2.51. The van der Waals surface area contributed by atoms with Gasteiger partial charge in [-0.2, -0.15) is 0 Å². The molecule has 2 aliphatic rings. The molecule has 0 saturated heterocycles. The van der Waals surface area contributed by atoms with Crippen molar-refractivity contribution in [3.63, 3.8) is 0 Å². The molecular formula is C55H36N2. The van der Waals surface area contributed by atoms with Crippen LogP contribution in [0.3, 0.4) is 0 Å². The Kier molecular flexibility index (Phi) is 6.88. The molecule has 0 aliphatic heterocycles. The number of hydrogen-bond acceptors (Lipinski definition) is 1. The van der Waals surface area contributed by atoms with E-state index in [0.717, 1.165) is 22.7 Å². The largest absolute Gasteiger partial charge is 0.308 e. The lowest BCUT2D eigenvalue weighted by atomic mass is 9.70. The molecule has 0 fully saturated rings. The number of hydrogen-bond donors (Lipinski definition) is 0. The van der Waals surface area contributed by atoms with Crippen molar-refractivity contribution in [2.75, 3.05) is 4.90 Å². The van der Waals surface area contributed by atoms with E-state index in [4.69, 9.17) is 0 Å². The third-order valence-electron chi connectivity index (χ3n) is 12.4. The van der Waals surface area contributed by atoms with Crippen molar-refractivity contribution in [3.8, 4) is 39.1 Å². The molecule has 2 nitrogen and oxygen atoms in total. The van der Waals surface area contributed by atoms with Crippen LogP contribution in [0.2, 0.25) is 0 Å². The molecule has 2 aliphatic carbocycles. The Balaban J connectivity index is 1.18. The Morgan fingerprint density at radius 2 is 0.877 bits per heavy atom. The Morgan fingerprint density at radius 3 is 1.58 bits per heavy atom. The van der Waals surface area contributed by atoms with Crippen LogP contribution in [0.15, 0.2) is 218 Å². The third-order valence-corrected chi connectivity index (χ3v) is 12.4. The van der Waals surface area contributed by atoms with E-state index in [1.165, 1.54) is 77.4 Å². The van der Waals surface area contributed by atoms with E-state index in [2.05, 4.69) is 228 Å². The second kappa shape index (κ2) is 12.3. The first-order chi connectivity index (χ1) is 28.3. The van der Waals surface area contributed by atoms with Crippen molar-refractivity contribution < 1.29 is 0 Å². The maximum atomic E-state index is 2.50. The molecule has 10 aromatic rings. The zero-order chi connectivity index (χ0) is 37.5. The molecule has 0 atom stereocenters. The van der Waals surface area contributed by atoms with E-state index in [0.29, 0.717) is 0 Å². The normalized spacial score (nSPS) is 13.1. The summed E-state index contributed by atoms with van der Waals surface area (Å²) in [6.07, 6.45) is 0. The van der Waals surface area contributed by atoms with E-state index >= 15 is 0 Å². The molecule has 57 heavy (non-hydrogen) atoms. The lowest BCUT2D eigenvalue weighted by Crippen LogP contribution is -2.26. The van der Waals surface area contributed by atoms with Crippen LogP contribution in [0.1, 0.15) is 22.3 Å². The number of rotatable bonds is 5. The number of para-hydroxylation sites is 3. The lowest BCUT2D eigenvalue weighted by molar-refractivity contribution is 0.793. The summed E-state index contributed by atoms with van der Waals surface area (Å²) in [7, 11) is 0. The van der Waals surface area contributed by atoms with Crippen molar-refractivity contribution in [3.05, 3.63) is 241 Å². The highest BCUT2D eigenvalue weighted by atomic mass is 15.2. The highest BCUT2D eigenvalue weighted by molar-refractivity contribution is 6.14. The van der Waals surface area contributed by atoms with Crippen molar-refractivity contribution in [1.82, 2.24) is 4.57 Å². The van der Waals surface area contributed by atoms with E-state index in [-0.39, 0.29) is 0 Å². The van der Waals surface area contributed by atoms with Gasteiger partial charge in [0.15, 0.2) is 0 Å². The minimum atomic E-state index is -0.447. The monoisotopic (exact) mass is 724 g/mol. The number of fused-ring (bicyclic) bond motifs is 13. The van der Waals surface area contributed by atoms with Crippen molar-refractivity contribution in [2.24, 2.45) is 0 Å². The maximum Gasteiger partial charge on any atom is 0.0782 e. The Bertz CT molecular complexity index is 3130. The molecule has 266 valence electrons. The molecule has 1 aromatic heterocycles. The van der Waals surface area contributed by atoms with Crippen LogP contribution < -0.4 is 4.90 Å². The summed E-state index contributed by atoms with van der Waals surface area (Å²) in [6.45, 7) is 0. The standard InChI is InChI=1S/C55H36N2/c1-3-17-37(18-4-1)38-19-15-22-40(35-38)56(53-32-16-27-47-46-26-10-14-31-52(46)57(54(47)53)39-20-5-2-6-21-39)41-33-34-45-44-25-9-13-30-50(44)55(51(45)36-41)48-28-11-7-23-42(48)43-24-8-12-29-49(43)55/h1-36H. The van der Waals surface area contributed by atoms with Crippen LogP contribution in [0.4, 0.5) is 17.1 Å². The van der Waals surface area contributed by atoms with Gasteiger partial charge in [-0.25, -0.2) is 0 Å². The van der Waals surface area contributed by atoms with Gasteiger partial charge in [0.25, 0.3) is 0 Å². The molecule has 0 radical (unpaired) electrons. The van der Waals surface area contributed by atoms with E-state index in [1.807, 2.05) is 0 Å². The third kappa shape index (κ3) is 4.47. The van der Waals surface area contributed by atoms with E-state index in [1.54, 1.807) is 0 Å². The van der Waals surface area contributed by atoms with Gasteiger partial charge in [0.2, 0.25) is 0 Å². The smallest absolute Gasteiger partial charge is 0.0782 e. The zero-order valence-corrected chi connectivity index (χ0v) is 31.2. The SMILES string of the molecule is c1ccc(-c2cccc(N(c3ccc4c(c3)C3(c5ccccc5-c5ccccc53)c3ccccc3-4)c3cccc4c5ccccc5n(-c5ccccc5)c34)c2)cc1.